The highest BCUT2D eigenvalue weighted by atomic mass is 32.2. The van der Waals surface area contributed by atoms with Gasteiger partial charge in [0.2, 0.25) is 11.8 Å². The van der Waals surface area contributed by atoms with Crippen molar-refractivity contribution in [2.24, 2.45) is 5.92 Å². The number of carbonyl (C=O) groups excluding carboxylic acids is 1. The average Bonchev–Trinajstić information content (AvgIpc) is 3.10. The summed E-state index contributed by atoms with van der Waals surface area (Å²) in [6.07, 6.45) is 2.99. The Labute approximate surface area is 122 Å². The highest BCUT2D eigenvalue weighted by molar-refractivity contribution is 7.99. The molecule has 0 bridgehead atoms. The number of rotatable bonds is 3. The second kappa shape index (κ2) is 6.13. The van der Waals surface area contributed by atoms with Gasteiger partial charge in [0.1, 0.15) is 0 Å². The molecule has 1 amide bonds. The second-order valence-corrected chi connectivity index (χ2v) is 6.53. The number of hydrogen-bond donors (Lipinski definition) is 1. The van der Waals surface area contributed by atoms with Gasteiger partial charge in [0.05, 0.1) is 6.04 Å². The Morgan fingerprint density at radius 2 is 2.50 bits per heavy atom. The first-order chi connectivity index (χ1) is 9.72. The molecule has 20 heavy (non-hydrogen) atoms. The number of piperidine rings is 1. The molecule has 2 atom stereocenters. The second-order valence-electron chi connectivity index (χ2n) is 5.50. The Morgan fingerprint density at radius 1 is 1.60 bits per heavy atom. The molecule has 0 spiro atoms. The molecule has 2 fully saturated rings. The van der Waals surface area contributed by atoms with Crippen molar-refractivity contribution in [3.63, 3.8) is 0 Å². The molecule has 1 aromatic rings. The van der Waals surface area contributed by atoms with Crippen LogP contribution in [0.15, 0.2) is 4.52 Å². The highest BCUT2D eigenvalue weighted by Gasteiger charge is 2.31. The van der Waals surface area contributed by atoms with Crippen molar-refractivity contribution in [3.05, 3.63) is 11.7 Å². The van der Waals surface area contributed by atoms with E-state index in [4.69, 9.17) is 4.52 Å². The molecule has 2 aliphatic rings. The predicted octanol–water partition coefficient (Wildman–Crippen LogP) is 0.822. The predicted molar refractivity (Wildman–Crippen MR) is 76.3 cm³/mol. The topological polar surface area (TPSA) is 71.3 Å². The van der Waals surface area contributed by atoms with Crippen molar-refractivity contribution < 1.29 is 9.32 Å². The zero-order valence-corrected chi connectivity index (χ0v) is 12.5. The lowest BCUT2D eigenvalue weighted by Crippen LogP contribution is -2.49. The molecule has 2 saturated heterocycles. The molecular formula is C13H20N4O2S. The van der Waals surface area contributed by atoms with E-state index in [0.717, 1.165) is 49.8 Å². The maximum Gasteiger partial charge on any atom is 0.240 e. The van der Waals surface area contributed by atoms with Crippen LogP contribution in [0.5, 0.6) is 0 Å². The van der Waals surface area contributed by atoms with Gasteiger partial charge in [-0.1, -0.05) is 5.16 Å². The van der Waals surface area contributed by atoms with Crippen LogP contribution in [0.1, 0.15) is 24.6 Å². The zero-order chi connectivity index (χ0) is 13.9. The van der Waals surface area contributed by atoms with E-state index in [9.17, 15) is 4.79 Å². The van der Waals surface area contributed by atoms with E-state index in [1.165, 1.54) is 0 Å². The Kier molecular flexibility index (Phi) is 4.26. The van der Waals surface area contributed by atoms with Crippen LogP contribution in [-0.4, -0.2) is 51.7 Å². The van der Waals surface area contributed by atoms with Crippen molar-refractivity contribution in [3.8, 4) is 0 Å². The van der Waals surface area contributed by atoms with Crippen molar-refractivity contribution in [1.29, 1.82) is 0 Å². The number of thioether (sulfide) groups is 1. The molecule has 0 saturated carbocycles. The summed E-state index contributed by atoms with van der Waals surface area (Å²) in [4.78, 5) is 18.7. The molecule has 1 aromatic heterocycles. The summed E-state index contributed by atoms with van der Waals surface area (Å²) in [6, 6.07) is 0.00571. The number of aromatic nitrogens is 2. The molecule has 0 unspecified atom stereocenters. The summed E-state index contributed by atoms with van der Waals surface area (Å²) in [7, 11) is 0. The summed E-state index contributed by atoms with van der Waals surface area (Å²) < 4.78 is 5.01. The number of likely N-dealkylation sites (tertiary alicyclic amines) is 1. The van der Waals surface area contributed by atoms with Crippen molar-refractivity contribution in [1.82, 2.24) is 20.4 Å². The lowest BCUT2D eigenvalue weighted by Gasteiger charge is -2.33. The van der Waals surface area contributed by atoms with Gasteiger partial charge in [-0.05, 0) is 18.8 Å². The summed E-state index contributed by atoms with van der Waals surface area (Å²) >= 11 is 1.79. The maximum atomic E-state index is 12.4. The van der Waals surface area contributed by atoms with Gasteiger partial charge in [0.15, 0.2) is 5.82 Å². The lowest BCUT2D eigenvalue weighted by atomic mass is 9.94. The Morgan fingerprint density at radius 3 is 3.20 bits per heavy atom. The largest absolute Gasteiger partial charge is 0.341 e. The van der Waals surface area contributed by atoms with E-state index >= 15 is 0 Å². The van der Waals surface area contributed by atoms with Gasteiger partial charge in [-0.15, -0.1) is 11.8 Å². The van der Waals surface area contributed by atoms with Crippen LogP contribution in [-0.2, 0) is 11.2 Å². The Balaban J connectivity index is 1.57. The van der Waals surface area contributed by atoms with E-state index in [-0.39, 0.29) is 11.9 Å². The van der Waals surface area contributed by atoms with E-state index in [2.05, 4.69) is 15.5 Å². The molecule has 7 heteroatoms. The smallest absolute Gasteiger partial charge is 0.240 e. The Bertz CT molecular complexity index is 473. The number of carbonyl (C=O) groups is 1. The van der Waals surface area contributed by atoms with E-state index in [1.807, 2.05) is 4.90 Å². The van der Waals surface area contributed by atoms with Crippen molar-refractivity contribution in [2.45, 2.75) is 32.2 Å². The van der Waals surface area contributed by atoms with E-state index in [1.54, 1.807) is 18.7 Å². The van der Waals surface area contributed by atoms with Crippen LogP contribution >= 0.6 is 11.8 Å². The quantitative estimate of drug-likeness (QED) is 0.890. The first-order valence-corrected chi connectivity index (χ1v) is 8.27. The van der Waals surface area contributed by atoms with Crippen molar-refractivity contribution >= 4 is 17.7 Å². The third kappa shape index (κ3) is 3.15. The molecule has 3 rings (SSSR count). The monoisotopic (exact) mass is 296 g/mol. The molecule has 0 aliphatic carbocycles. The van der Waals surface area contributed by atoms with Crippen LogP contribution in [0.2, 0.25) is 0 Å². The molecule has 1 N–H and O–H groups in total. The van der Waals surface area contributed by atoms with Gasteiger partial charge in [-0.2, -0.15) is 4.98 Å². The first kappa shape index (κ1) is 13.9. The minimum absolute atomic E-state index is 0.00571. The molecule has 3 heterocycles. The minimum atomic E-state index is 0.00571. The number of aryl methyl sites for hydroxylation is 1. The van der Waals surface area contributed by atoms with Crippen LogP contribution in [0.3, 0.4) is 0 Å². The van der Waals surface area contributed by atoms with Gasteiger partial charge in [-0.25, -0.2) is 0 Å². The maximum absolute atomic E-state index is 12.4. The fourth-order valence-corrected chi connectivity index (χ4v) is 3.82. The van der Waals surface area contributed by atoms with Gasteiger partial charge in [-0.3, -0.25) is 10.1 Å². The Hall–Kier alpha value is -1.08. The third-order valence-electron chi connectivity index (χ3n) is 3.89. The van der Waals surface area contributed by atoms with E-state index < -0.39 is 0 Å². The summed E-state index contributed by atoms with van der Waals surface area (Å²) in [6.45, 7) is 3.50. The van der Waals surface area contributed by atoms with Gasteiger partial charge >= 0.3 is 0 Å². The number of nitrogens with zero attached hydrogens (tertiary/aromatic N) is 3. The van der Waals surface area contributed by atoms with Crippen LogP contribution in [0.4, 0.5) is 0 Å². The summed E-state index contributed by atoms with van der Waals surface area (Å²) in [5, 5.41) is 7.21. The van der Waals surface area contributed by atoms with Gasteiger partial charge < -0.3 is 9.42 Å². The third-order valence-corrected chi connectivity index (χ3v) is 4.83. The zero-order valence-electron chi connectivity index (χ0n) is 11.7. The number of amides is 1. The fourth-order valence-electron chi connectivity index (χ4n) is 2.89. The van der Waals surface area contributed by atoms with Crippen LogP contribution in [0, 0.1) is 12.8 Å². The summed E-state index contributed by atoms with van der Waals surface area (Å²) in [5.74, 6) is 3.84. The van der Waals surface area contributed by atoms with Crippen LogP contribution < -0.4 is 5.32 Å². The van der Waals surface area contributed by atoms with Crippen molar-refractivity contribution in [2.75, 3.05) is 24.7 Å². The average molecular weight is 296 g/mol. The molecule has 0 radical (unpaired) electrons. The molecule has 0 aromatic carbocycles. The molecule has 2 aliphatic heterocycles. The van der Waals surface area contributed by atoms with Gasteiger partial charge in [0, 0.05) is 38.1 Å². The van der Waals surface area contributed by atoms with Gasteiger partial charge in [0.25, 0.3) is 0 Å². The number of nitrogens with one attached hydrogen (secondary N) is 1. The lowest BCUT2D eigenvalue weighted by molar-refractivity contribution is -0.134. The summed E-state index contributed by atoms with van der Waals surface area (Å²) in [5.41, 5.74) is 0. The minimum Gasteiger partial charge on any atom is -0.341 e. The van der Waals surface area contributed by atoms with E-state index in [0.29, 0.717) is 11.8 Å². The molecule has 110 valence electrons. The fraction of sp³-hybridized carbons (Fsp3) is 0.769. The molecular weight excluding hydrogens is 276 g/mol. The van der Waals surface area contributed by atoms with Crippen LogP contribution in [0.25, 0.3) is 0 Å². The molecule has 6 nitrogen and oxygen atoms in total. The SMILES string of the molecule is Cc1nc(C[C@@H]2CCCN(C(=O)[C@H]3CSCN3)C2)no1. The highest BCUT2D eigenvalue weighted by Crippen LogP contribution is 2.22. The normalized spacial score (nSPS) is 26.9. The standard InChI is InChI=1S/C13H20N4O2S/c1-9-15-12(16-19-9)5-10-3-2-4-17(6-10)13(18)11-7-20-8-14-11/h10-11,14H,2-8H2,1H3/t10-,11+/m0/s1. The first-order valence-electron chi connectivity index (χ1n) is 7.11. The number of hydrogen-bond acceptors (Lipinski definition) is 6.